The van der Waals surface area contributed by atoms with E-state index in [9.17, 15) is 22.8 Å². The molecule has 0 spiro atoms. The minimum Gasteiger partial charge on any atom is -0.379 e. The smallest absolute Gasteiger partial charge is 0.262 e. The van der Waals surface area contributed by atoms with Gasteiger partial charge in [-0.05, 0) is 36.2 Å². The van der Waals surface area contributed by atoms with Gasteiger partial charge in [-0.15, -0.1) is 0 Å². The van der Waals surface area contributed by atoms with Gasteiger partial charge in [-0.2, -0.15) is 4.31 Å². The van der Waals surface area contributed by atoms with Gasteiger partial charge in [0.05, 0.1) is 39.5 Å². The Kier molecular flexibility index (Phi) is 6.37. The van der Waals surface area contributed by atoms with Crippen LogP contribution in [0.3, 0.4) is 0 Å². The van der Waals surface area contributed by atoms with Gasteiger partial charge < -0.3 is 10.1 Å². The maximum absolute atomic E-state index is 13.3. The largest absolute Gasteiger partial charge is 0.379 e. The number of rotatable bonds is 6. The first kappa shape index (κ1) is 24.5. The molecule has 0 aliphatic carbocycles. The number of carbonyl (C=O) groups is 3. The van der Waals surface area contributed by atoms with Gasteiger partial charge in [-0.1, -0.05) is 37.3 Å². The van der Waals surface area contributed by atoms with Crippen LogP contribution in [0.1, 0.15) is 34.6 Å². The zero-order chi connectivity index (χ0) is 25.6. The summed E-state index contributed by atoms with van der Waals surface area (Å²) >= 11 is 1.12. The van der Waals surface area contributed by atoms with Gasteiger partial charge in [0.1, 0.15) is 6.04 Å². The van der Waals surface area contributed by atoms with Gasteiger partial charge in [0.15, 0.2) is 5.13 Å². The summed E-state index contributed by atoms with van der Waals surface area (Å²) in [6.07, 6.45) is 0. The predicted molar refractivity (Wildman–Crippen MR) is 133 cm³/mol. The molecule has 1 aromatic heterocycles. The molecule has 2 aliphatic heterocycles. The fourth-order valence-corrected chi connectivity index (χ4v) is 6.83. The van der Waals surface area contributed by atoms with Gasteiger partial charge >= 0.3 is 0 Å². The summed E-state index contributed by atoms with van der Waals surface area (Å²) in [5.41, 5.74) is 1.07. The van der Waals surface area contributed by atoms with Crippen LogP contribution in [0, 0.1) is 5.92 Å². The first-order valence-electron chi connectivity index (χ1n) is 11.4. The van der Waals surface area contributed by atoms with Crippen LogP contribution in [0.2, 0.25) is 0 Å². The van der Waals surface area contributed by atoms with E-state index in [1.54, 1.807) is 44.2 Å². The van der Waals surface area contributed by atoms with E-state index in [4.69, 9.17) is 4.74 Å². The fraction of sp³-hybridized carbons (Fsp3) is 0.333. The van der Waals surface area contributed by atoms with Crippen molar-refractivity contribution in [2.45, 2.75) is 24.8 Å². The molecule has 1 saturated heterocycles. The highest BCUT2D eigenvalue weighted by Gasteiger charge is 2.44. The number of sulfonamides is 1. The topological polar surface area (TPSA) is 126 Å². The van der Waals surface area contributed by atoms with Gasteiger partial charge in [0.25, 0.3) is 11.8 Å². The lowest BCUT2D eigenvalue weighted by atomic mass is 10.0. The lowest BCUT2D eigenvalue weighted by Gasteiger charge is -2.27. The van der Waals surface area contributed by atoms with Crippen molar-refractivity contribution in [1.29, 1.82) is 0 Å². The van der Waals surface area contributed by atoms with Crippen molar-refractivity contribution >= 4 is 54.4 Å². The van der Waals surface area contributed by atoms with E-state index < -0.39 is 33.8 Å². The first-order valence-corrected chi connectivity index (χ1v) is 13.7. The Morgan fingerprint density at radius 2 is 1.69 bits per heavy atom. The molecule has 5 rings (SSSR count). The number of aromatic nitrogens is 1. The molecule has 0 saturated carbocycles. The molecule has 1 N–H and O–H groups in total. The molecule has 36 heavy (non-hydrogen) atoms. The molecule has 10 nitrogen and oxygen atoms in total. The molecular weight excluding hydrogens is 504 g/mol. The minimum absolute atomic E-state index is 0.143. The average Bonchev–Trinajstić information content (AvgIpc) is 3.38. The number of ether oxygens (including phenoxy) is 1. The molecule has 188 valence electrons. The number of thiazole rings is 1. The van der Waals surface area contributed by atoms with Crippen molar-refractivity contribution in [2.24, 2.45) is 5.92 Å². The highest BCUT2D eigenvalue weighted by atomic mass is 32.2. The van der Waals surface area contributed by atoms with Crippen LogP contribution in [0.15, 0.2) is 47.4 Å². The molecule has 2 aromatic carbocycles. The Morgan fingerprint density at radius 1 is 1.06 bits per heavy atom. The summed E-state index contributed by atoms with van der Waals surface area (Å²) in [6.45, 7) is 4.80. The molecule has 1 atom stereocenters. The number of morpholine rings is 1. The third kappa shape index (κ3) is 4.19. The van der Waals surface area contributed by atoms with Gasteiger partial charge in [0, 0.05) is 13.1 Å². The number of nitrogens with zero attached hydrogens (tertiary/aromatic N) is 3. The number of nitrogens with one attached hydrogen (secondary N) is 1. The Morgan fingerprint density at radius 3 is 2.31 bits per heavy atom. The Hall–Kier alpha value is -3.19. The molecule has 0 bridgehead atoms. The molecule has 2 aliphatic rings. The first-order chi connectivity index (χ1) is 17.2. The number of benzene rings is 2. The van der Waals surface area contributed by atoms with E-state index in [-0.39, 0.29) is 27.1 Å². The summed E-state index contributed by atoms with van der Waals surface area (Å²) in [6, 6.07) is 10.1. The SMILES string of the molecule is CC(C)C(C(=O)Nc1nc2ccc(S(=O)(=O)N3CCOCC3)cc2s1)N1C(=O)c2ccccc2C1=O. The summed E-state index contributed by atoms with van der Waals surface area (Å²) < 4.78 is 33.2. The third-order valence-corrected chi connectivity index (χ3v) is 9.03. The van der Waals surface area contributed by atoms with Crippen molar-refractivity contribution in [1.82, 2.24) is 14.2 Å². The van der Waals surface area contributed by atoms with Crippen LogP contribution < -0.4 is 5.32 Å². The predicted octanol–water partition coefficient (Wildman–Crippen LogP) is 2.58. The van der Waals surface area contributed by atoms with Crippen LogP contribution >= 0.6 is 11.3 Å². The van der Waals surface area contributed by atoms with Crippen molar-refractivity contribution in [2.75, 3.05) is 31.6 Å². The normalized spacial score (nSPS) is 17.6. The van der Waals surface area contributed by atoms with E-state index in [0.717, 1.165) is 16.2 Å². The maximum Gasteiger partial charge on any atom is 0.262 e. The minimum atomic E-state index is -3.68. The van der Waals surface area contributed by atoms with E-state index in [0.29, 0.717) is 36.5 Å². The average molecular weight is 529 g/mol. The molecule has 0 radical (unpaired) electrons. The summed E-state index contributed by atoms with van der Waals surface area (Å²) in [5.74, 6) is -1.91. The Balaban J connectivity index is 1.39. The molecule has 3 aromatic rings. The number of hydrogen-bond donors (Lipinski definition) is 1. The number of anilines is 1. The van der Waals surface area contributed by atoms with Crippen LogP contribution in [0.25, 0.3) is 10.2 Å². The standard InChI is InChI=1S/C24H24N4O6S2/c1-14(2)20(28-22(30)16-5-3-4-6-17(16)23(28)31)21(29)26-24-25-18-8-7-15(13-19(18)35-24)36(32,33)27-9-11-34-12-10-27/h3-8,13-14,20H,9-12H2,1-2H3,(H,25,26,29). The highest BCUT2D eigenvalue weighted by molar-refractivity contribution is 7.89. The van der Waals surface area contributed by atoms with E-state index >= 15 is 0 Å². The number of imide groups is 1. The van der Waals surface area contributed by atoms with Crippen molar-refractivity contribution < 1.29 is 27.5 Å². The second kappa shape index (κ2) is 9.36. The number of hydrogen-bond acceptors (Lipinski definition) is 8. The van der Waals surface area contributed by atoms with E-state index in [2.05, 4.69) is 10.3 Å². The van der Waals surface area contributed by atoms with Crippen LogP contribution in [-0.4, -0.2) is 72.7 Å². The van der Waals surface area contributed by atoms with E-state index in [1.807, 2.05) is 0 Å². The van der Waals surface area contributed by atoms with Crippen molar-refractivity contribution in [3.8, 4) is 0 Å². The zero-order valence-electron chi connectivity index (χ0n) is 19.6. The Bertz CT molecular complexity index is 1440. The summed E-state index contributed by atoms with van der Waals surface area (Å²) in [4.78, 5) is 44.8. The van der Waals surface area contributed by atoms with Gasteiger partial charge in [-0.3, -0.25) is 19.3 Å². The van der Waals surface area contributed by atoms with Gasteiger partial charge in [-0.25, -0.2) is 13.4 Å². The number of carbonyl (C=O) groups excluding carboxylic acids is 3. The maximum atomic E-state index is 13.3. The highest BCUT2D eigenvalue weighted by Crippen LogP contribution is 2.31. The molecule has 3 amide bonds. The van der Waals surface area contributed by atoms with Crippen molar-refractivity contribution in [3.05, 3.63) is 53.6 Å². The third-order valence-electron chi connectivity index (χ3n) is 6.20. The molecule has 1 fully saturated rings. The van der Waals surface area contributed by atoms with Gasteiger partial charge in [0.2, 0.25) is 15.9 Å². The fourth-order valence-electron chi connectivity index (χ4n) is 4.41. The monoisotopic (exact) mass is 528 g/mol. The molecule has 1 unspecified atom stereocenters. The lowest BCUT2D eigenvalue weighted by molar-refractivity contribution is -0.121. The van der Waals surface area contributed by atoms with Crippen LogP contribution in [0.5, 0.6) is 0 Å². The second-order valence-corrected chi connectivity index (χ2v) is 11.8. The summed E-state index contributed by atoms with van der Waals surface area (Å²) in [5, 5.41) is 2.97. The van der Waals surface area contributed by atoms with Crippen LogP contribution in [-0.2, 0) is 19.6 Å². The summed E-state index contributed by atoms with van der Waals surface area (Å²) in [7, 11) is -3.68. The number of fused-ring (bicyclic) bond motifs is 2. The molecule has 3 heterocycles. The molecule has 12 heteroatoms. The quantitative estimate of drug-likeness (QED) is 0.488. The zero-order valence-corrected chi connectivity index (χ0v) is 21.3. The second-order valence-electron chi connectivity index (χ2n) is 8.87. The van der Waals surface area contributed by atoms with Crippen LogP contribution in [0.4, 0.5) is 5.13 Å². The van der Waals surface area contributed by atoms with Crippen molar-refractivity contribution in [3.63, 3.8) is 0 Å². The lowest BCUT2D eigenvalue weighted by Crippen LogP contribution is -2.50. The number of amides is 3. The molecular formula is C24H24N4O6S2. The van der Waals surface area contributed by atoms with E-state index in [1.165, 1.54) is 16.4 Å². The Labute approximate surface area is 211 Å².